The molecule has 1 aliphatic rings. The monoisotopic (exact) mass is 216 g/mol. The Morgan fingerprint density at radius 2 is 2.20 bits per heavy atom. The van der Waals surface area contributed by atoms with Crippen LogP contribution in [0.2, 0.25) is 0 Å². The molecule has 0 saturated carbocycles. The molecule has 0 aromatic heterocycles. The molecular formula is C10H20N2O3. The summed E-state index contributed by atoms with van der Waals surface area (Å²) in [5.74, 6) is -0.145. The van der Waals surface area contributed by atoms with Crippen LogP contribution in [0.1, 0.15) is 35.5 Å². The van der Waals surface area contributed by atoms with Crippen molar-refractivity contribution in [3.63, 3.8) is 0 Å². The third-order valence-corrected chi connectivity index (χ3v) is 1.99. The Morgan fingerprint density at radius 1 is 1.60 bits per heavy atom. The highest BCUT2D eigenvalue weighted by Crippen LogP contribution is 2.10. The van der Waals surface area contributed by atoms with E-state index < -0.39 is 17.7 Å². The van der Waals surface area contributed by atoms with Gasteiger partial charge < -0.3 is 15.4 Å². The molecule has 2 N–H and O–H groups in total. The molecule has 2 atom stereocenters. The first-order valence-electron chi connectivity index (χ1n) is 5.08. The molecule has 1 rings (SSSR count). The van der Waals surface area contributed by atoms with Crippen LogP contribution in [0.25, 0.3) is 0 Å². The minimum atomic E-state index is -0.545. The summed E-state index contributed by atoms with van der Waals surface area (Å²) in [4.78, 5) is 22.7. The number of amides is 2. The molecule has 0 spiro atoms. The number of carbonyl (C=O) groups excluding carboxylic acids is 2. The maximum atomic E-state index is 11.4. The van der Waals surface area contributed by atoms with E-state index in [2.05, 4.69) is 10.6 Å². The number of alkyl carbamates (subject to hydrolysis) is 1. The van der Waals surface area contributed by atoms with Gasteiger partial charge in [0.2, 0.25) is 5.91 Å². The molecule has 0 bridgehead atoms. The van der Waals surface area contributed by atoms with E-state index in [1.165, 1.54) is 0 Å². The lowest BCUT2D eigenvalue weighted by Gasteiger charge is -2.20. The van der Waals surface area contributed by atoms with E-state index in [1.54, 1.807) is 20.8 Å². The lowest BCUT2D eigenvalue weighted by Crippen LogP contribution is -2.42. The van der Waals surface area contributed by atoms with Crippen molar-refractivity contribution >= 4 is 12.0 Å². The van der Waals surface area contributed by atoms with E-state index in [0.717, 1.165) is 0 Å². The SMILES string of the molecule is CC1C[C@H](NC(=O)OC(C)(C)C)C(=O)N1.[HH]. The zero-order valence-corrected chi connectivity index (χ0v) is 9.59. The van der Waals surface area contributed by atoms with E-state index in [4.69, 9.17) is 4.74 Å². The van der Waals surface area contributed by atoms with Gasteiger partial charge in [0.15, 0.2) is 0 Å². The molecule has 1 unspecified atom stereocenters. The first-order chi connectivity index (χ1) is 6.78. The minimum Gasteiger partial charge on any atom is -0.444 e. The van der Waals surface area contributed by atoms with Gasteiger partial charge in [-0.1, -0.05) is 0 Å². The van der Waals surface area contributed by atoms with Crippen LogP contribution in [0, 0.1) is 0 Å². The van der Waals surface area contributed by atoms with Crippen molar-refractivity contribution < 1.29 is 15.8 Å². The van der Waals surface area contributed by atoms with Crippen molar-refractivity contribution in [2.24, 2.45) is 0 Å². The average Bonchev–Trinajstić information content (AvgIpc) is 2.25. The van der Waals surface area contributed by atoms with Crippen LogP contribution >= 0.6 is 0 Å². The number of nitrogens with one attached hydrogen (secondary N) is 2. The van der Waals surface area contributed by atoms with Crippen molar-refractivity contribution in [1.29, 1.82) is 0 Å². The topological polar surface area (TPSA) is 67.4 Å². The first-order valence-corrected chi connectivity index (χ1v) is 5.08. The number of hydrogen-bond donors (Lipinski definition) is 2. The first kappa shape index (κ1) is 11.8. The van der Waals surface area contributed by atoms with Gasteiger partial charge in [-0.2, -0.15) is 0 Å². The van der Waals surface area contributed by atoms with E-state index >= 15 is 0 Å². The lowest BCUT2D eigenvalue weighted by molar-refractivity contribution is -0.121. The molecule has 88 valence electrons. The normalized spacial score (nSPS) is 26.0. The maximum absolute atomic E-state index is 11.4. The summed E-state index contributed by atoms with van der Waals surface area (Å²) in [5.41, 5.74) is -0.537. The van der Waals surface area contributed by atoms with Gasteiger partial charge in [0, 0.05) is 7.47 Å². The van der Waals surface area contributed by atoms with E-state index in [9.17, 15) is 9.59 Å². The molecule has 1 saturated heterocycles. The van der Waals surface area contributed by atoms with Gasteiger partial charge in [-0.3, -0.25) is 4.79 Å². The zero-order valence-electron chi connectivity index (χ0n) is 9.59. The quantitative estimate of drug-likeness (QED) is 0.688. The van der Waals surface area contributed by atoms with Gasteiger partial charge in [0.05, 0.1) is 0 Å². The molecule has 0 aromatic rings. The number of hydrogen-bond acceptors (Lipinski definition) is 3. The highest BCUT2D eigenvalue weighted by atomic mass is 16.6. The third-order valence-electron chi connectivity index (χ3n) is 1.99. The molecule has 1 heterocycles. The predicted molar refractivity (Wildman–Crippen MR) is 57.5 cm³/mol. The Kier molecular flexibility index (Phi) is 3.21. The summed E-state index contributed by atoms with van der Waals surface area (Å²) in [6.45, 7) is 7.24. The lowest BCUT2D eigenvalue weighted by atomic mass is 10.2. The standard InChI is InChI=1S/C10H18N2O3.H2/c1-6-5-7(8(13)11-6)12-9(14)15-10(2,3)4;/h6-7H,5H2,1-4H3,(H,11,13)(H,12,14);1H/t6?,7-;/m0./s1. The second-order valence-electron chi connectivity index (χ2n) is 4.84. The average molecular weight is 216 g/mol. The van der Waals surface area contributed by atoms with Crippen molar-refractivity contribution in [3.8, 4) is 0 Å². The smallest absolute Gasteiger partial charge is 0.408 e. The van der Waals surface area contributed by atoms with Crippen LogP contribution < -0.4 is 10.6 Å². The summed E-state index contributed by atoms with van der Waals surface area (Å²) in [5, 5.41) is 5.27. The Balaban J connectivity index is 0.00000225. The minimum absolute atomic E-state index is 0. The number of carbonyl (C=O) groups is 2. The van der Waals surface area contributed by atoms with Crippen LogP contribution in [-0.4, -0.2) is 29.7 Å². The fourth-order valence-electron chi connectivity index (χ4n) is 1.44. The molecule has 5 nitrogen and oxygen atoms in total. The third kappa shape index (κ3) is 3.77. The van der Waals surface area contributed by atoms with Gasteiger partial charge in [-0.15, -0.1) is 0 Å². The van der Waals surface area contributed by atoms with E-state index in [0.29, 0.717) is 6.42 Å². The Hall–Kier alpha value is -1.26. The van der Waals surface area contributed by atoms with Crippen LogP contribution in [0.15, 0.2) is 0 Å². The van der Waals surface area contributed by atoms with Crippen molar-refractivity contribution in [3.05, 3.63) is 0 Å². The van der Waals surface area contributed by atoms with E-state index in [1.807, 2.05) is 6.92 Å². The fraction of sp³-hybridized carbons (Fsp3) is 0.800. The van der Waals surface area contributed by atoms with Crippen molar-refractivity contribution in [2.75, 3.05) is 0 Å². The fourth-order valence-corrected chi connectivity index (χ4v) is 1.44. The number of rotatable bonds is 1. The van der Waals surface area contributed by atoms with Crippen LogP contribution in [-0.2, 0) is 9.53 Å². The molecular weight excluding hydrogens is 196 g/mol. The molecule has 15 heavy (non-hydrogen) atoms. The Bertz CT molecular complexity index is 276. The second-order valence-corrected chi connectivity index (χ2v) is 4.84. The maximum Gasteiger partial charge on any atom is 0.408 e. The van der Waals surface area contributed by atoms with Crippen LogP contribution in [0.5, 0.6) is 0 Å². The summed E-state index contributed by atoms with van der Waals surface area (Å²) in [6, 6.07) is -0.354. The second kappa shape index (κ2) is 4.08. The van der Waals surface area contributed by atoms with Gasteiger partial charge in [0.1, 0.15) is 11.6 Å². The summed E-state index contributed by atoms with van der Waals surface area (Å²) in [6.07, 6.45) is 0.0645. The molecule has 1 aliphatic heterocycles. The van der Waals surface area contributed by atoms with Crippen molar-refractivity contribution in [1.82, 2.24) is 10.6 Å². The van der Waals surface area contributed by atoms with Crippen molar-refractivity contribution in [2.45, 2.75) is 51.8 Å². The molecule has 5 heteroatoms. The van der Waals surface area contributed by atoms with Gasteiger partial charge in [0.25, 0.3) is 0 Å². The van der Waals surface area contributed by atoms with Crippen LogP contribution in [0.3, 0.4) is 0 Å². The highest BCUT2D eigenvalue weighted by molar-refractivity contribution is 5.87. The molecule has 0 aromatic carbocycles. The predicted octanol–water partition coefficient (Wildman–Crippen LogP) is 1.03. The summed E-state index contributed by atoms with van der Waals surface area (Å²) in [7, 11) is 0. The van der Waals surface area contributed by atoms with E-state index in [-0.39, 0.29) is 13.4 Å². The zero-order chi connectivity index (χ0) is 11.6. The van der Waals surface area contributed by atoms with Gasteiger partial charge >= 0.3 is 6.09 Å². The highest BCUT2D eigenvalue weighted by Gasteiger charge is 2.31. The largest absolute Gasteiger partial charge is 0.444 e. The molecule has 0 aliphatic carbocycles. The Labute approximate surface area is 91.0 Å². The molecule has 2 amide bonds. The molecule has 0 radical (unpaired) electrons. The molecule has 1 fully saturated rings. The van der Waals surface area contributed by atoms with Crippen LogP contribution in [0.4, 0.5) is 4.79 Å². The Morgan fingerprint density at radius 3 is 2.60 bits per heavy atom. The summed E-state index contributed by atoms with van der Waals surface area (Å²) < 4.78 is 5.05. The van der Waals surface area contributed by atoms with Gasteiger partial charge in [-0.25, -0.2) is 4.79 Å². The summed E-state index contributed by atoms with van der Waals surface area (Å²) >= 11 is 0. The number of ether oxygens (including phenoxy) is 1. The van der Waals surface area contributed by atoms with Gasteiger partial charge in [-0.05, 0) is 34.1 Å².